The molecule has 0 bridgehead atoms. The first-order valence-corrected chi connectivity index (χ1v) is 8.22. The van der Waals surface area contributed by atoms with Gasteiger partial charge in [0.25, 0.3) is 5.91 Å². The molecule has 0 aliphatic heterocycles. The van der Waals surface area contributed by atoms with Gasteiger partial charge >= 0.3 is 0 Å². The Hall–Kier alpha value is -3.27. The summed E-state index contributed by atoms with van der Waals surface area (Å²) in [6.45, 7) is 1.84. The molecule has 4 heterocycles. The number of carbonyl (C=O) groups excluding carboxylic acids is 1. The summed E-state index contributed by atoms with van der Waals surface area (Å²) in [7, 11) is 1.70. The minimum Gasteiger partial charge on any atom is -0.463 e. The maximum absolute atomic E-state index is 12.3. The predicted octanol–water partition coefficient (Wildman–Crippen LogP) is 2.28. The summed E-state index contributed by atoms with van der Waals surface area (Å²) in [6.07, 6.45) is 3.14. The Kier molecular flexibility index (Phi) is 3.65. The average Bonchev–Trinajstić information content (AvgIpc) is 3.33. The van der Waals surface area contributed by atoms with Crippen LogP contribution in [0.3, 0.4) is 0 Å². The number of anilines is 1. The number of hydrogen-bond acceptors (Lipinski definition) is 7. The summed E-state index contributed by atoms with van der Waals surface area (Å²) in [5.41, 5.74) is 1.69. The standard InChI is InChI=1S/C15H13N7O2S/c1-9-6-13(17-14(23)10-7-21(2)20-18-10)22(19-9)15-16-11(8-25-15)12-4-3-5-24-12/h3-8H,1-2H3,(H,17,23). The van der Waals surface area contributed by atoms with Crippen LogP contribution in [0, 0.1) is 6.92 Å². The van der Waals surface area contributed by atoms with Crippen LogP contribution in [0.2, 0.25) is 0 Å². The molecule has 0 aliphatic rings. The van der Waals surface area contributed by atoms with Crippen LogP contribution in [0.4, 0.5) is 5.82 Å². The maximum atomic E-state index is 12.3. The Morgan fingerprint density at radius 2 is 2.28 bits per heavy atom. The number of aromatic nitrogens is 6. The van der Waals surface area contributed by atoms with Gasteiger partial charge in [-0.05, 0) is 19.1 Å². The van der Waals surface area contributed by atoms with Crippen molar-refractivity contribution in [1.82, 2.24) is 29.8 Å². The number of amides is 1. The van der Waals surface area contributed by atoms with Crippen LogP contribution in [0.5, 0.6) is 0 Å². The average molecular weight is 355 g/mol. The number of nitrogens with one attached hydrogen (secondary N) is 1. The van der Waals surface area contributed by atoms with E-state index < -0.39 is 0 Å². The van der Waals surface area contributed by atoms with E-state index in [1.807, 2.05) is 18.4 Å². The van der Waals surface area contributed by atoms with Gasteiger partial charge in [0.05, 0.1) is 18.2 Å². The molecular weight excluding hydrogens is 342 g/mol. The van der Waals surface area contributed by atoms with Crippen molar-refractivity contribution >= 4 is 23.1 Å². The molecular formula is C15H13N7O2S. The number of aryl methyl sites for hydroxylation is 2. The van der Waals surface area contributed by atoms with Crippen LogP contribution in [0.25, 0.3) is 16.6 Å². The summed E-state index contributed by atoms with van der Waals surface area (Å²) >= 11 is 1.40. The lowest BCUT2D eigenvalue weighted by Gasteiger charge is -2.04. The molecule has 4 aromatic heterocycles. The number of thiazole rings is 1. The first kappa shape index (κ1) is 15.3. The second-order valence-electron chi connectivity index (χ2n) is 5.31. The van der Waals surface area contributed by atoms with Crippen LogP contribution in [0.15, 0.2) is 40.5 Å². The van der Waals surface area contributed by atoms with Gasteiger partial charge < -0.3 is 9.73 Å². The molecule has 1 N–H and O–H groups in total. The van der Waals surface area contributed by atoms with Crippen molar-refractivity contribution in [2.24, 2.45) is 7.05 Å². The molecule has 0 atom stereocenters. The number of hydrogen-bond donors (Lipinski definition) is 1. The number of carbonyl (C=O) groups is 1. The van der Waals surface area contributed by atoms with E-state index >= 15 is 0 Å². The first-order valence-electron chi connectivity index (χ1n) is 7.34. The third-order valence-electron chi connectivity index (χ3n) is 3.36. The molecule has 126 valence electrons. The first-order chi connectivity index (χ1) is 12.1. The Morgan fingerprint density at radius 1 is 1.40 bits per heavy atom. The van der Waals surface area contributed by atoms with E-state index in [1.54, 1.807) is 36.3 Å². The molecule has 1 amide bonds. The zero-order valence-electron chi connectivity index (χ0n) is 13.4. The molecule has 0 aliphatic carbocycles. The van der Waals surface area contributed by atoms with Gasteiger partial charge in [0.1, 0.15) is 11.5 Å². The fraction of sp³-hybridized carbons (Fsp3) is 0.133. The fourth-order valence-corrected chi connectivity index (χ4v) is 3.04. The number of rotatable bonds is 4. The summed E-state index contributed by atoms with van der Waals surface area (Å²) in [4.78, 5) is 16.8. The molecule has 0 spiro atoms. The van der Waals surface area contributed by atoms with Gasteiger partial charge in [-0.15, -0.1) is 16.4 Å². The van der Waals surface area contributed by atoms with Gasteiger partial charge in [0.2, 0.25) is 5.13 Å². The van der Waals surface area contributed by atoms with Gasteiger partial charge in [-0.25, -0.2) is 4.98 Å². The van der Waals surface area contributed by atoms with Crippen LogP contribution in [0.1, 0.15) is 16.2 Å². The van der Waals surface area contributed by atoms with Crippen LogP contribution < -0.4 is 5.32 Å². The summed E-state index contributed by atoms with van der Waals surface area (Å²) in [6, 6.07) is 5.41. The second kappa shape index (κ2) is 5.98. The highest BCUT2D eigenvalue weighted by atomic mass is 32.1. The zero-order chi connectivity index (χ0) is 17.4. The highest BCUT2D eigenvalue weighted by molar-refractivity contribution is 7.12. The van der Waals surface area contributed by atoms with Crippen molar-refractivity contribution in [3.8, 4) is 16.6 Å². The van der Waals surface area contributed by atoms with Gasteiger partial charge in [-0.1, -0.05) is 5.21 Å². The molecule has 4 rings (SSSR count). The van der Waals surface area contributed by atoms with E-state index in [2.05, 4.69) is 25.7 Å². The van der Waals surface area contributed by atoms with Gasteiger partial charge in [-0.2, -0.15) is 9.78 Å². The topological polar surface area (TPSA) is 104 Å². The molecule has 25 heavy (non-hydrogen) atoms. The minimum absolute atomic E-state index is 0.225. The fourth-order valence-electron chi connectivity index (χ4n) is 2.27. The minimum atomic E-state index is -0.364. The number of nitrogens with zero attached hydrogens (tertiary/aromatic N) is 6. The highest BCUT2D eigenvalue weighted by Crippen LogP contribution is 2.26. The van der Waals surface area contributed by atoms with Crippen molar-refractivity contribution in [2.75, 3.05) is 5.32 Å². The van der Waals surface area contributed by atoms with Crippen molar-refractivity contribution < 1.29 is 9.21 Å². The molecule has 0 fully saturated rings. The third kappa shape index (κ3) is 2.94. The Bertz CT molecular complexity index is 1030. The van der Waals surface area contributed by atoms with Crippen LogP contribution in [-0.4, -0.2) is 35.7 Å². The van der Waals surface area contributed by atoms with Gasteiger partial charge in [0, 0.05) is 18.5 Å². The molecule has 0 saturated heterocycles. The van der Waals surface area contributed by atoms with Crippen LogP contribution >= 0.6 is 11.3 Å². The molecule has 0 saturated carbocycles. The Labute approximate surface area is 145 Å². The van der Waals surface area contributed by atoms with E-state index in [1.165, 1.54) is 16.0 Å². The van der Waals surface area contributed by atoms with Gasteiger partial charge in [-0.3, -0.25) is 9.48 Å². The van der Waals surface area contributed by atoms with Crippen molar-refractivity contribution in [3.05, 3.63) is 47.4 Å². The molecule has 0 aromatic carbocycles. The Balaban J connectivity index is 1.64. The SMILES string of the molecule is Cc1cc(NC(=O)c2cn(C)nn2)n(-c2nc(-c3ccco3)cs2)n1. The van der Waals surface area contributed by atoms with Crippen molar-refractivity contribution in [2.45, 2.75) is 6.92 Å². The quantitative estimate of drug-likeness (QED) is 0.602. The smallest absolute Gasteiger partial charge is 0.278 e. The molecule has 4 aromatic rings. The summed E-state index contributed by atoms with van der Waals surface area (Å²) < 4.78 is 8.41. The Morgan fingerprint density at radius 3 is 3.00 bits per heavy atom. The molecule has 0 unspecified atom stereocenters. The monoisotopic (exact) mass is 355 g/mol. The molecule has 10 heteroatoms. The van der Waals surface area contributed by atoms with Crippen molar-refractivity contribution in [1.29, 1.82) is 0 Å². The lowest BCUT2D eigenvalue weighted by atomic mass is 10.4. The van der Waals surface area contributed by atoms with E-state index in [9.17, 15) is 4.79 Å². The summed E-state index contributed by atoms with van der Waals surface area (Å²) in [5.74, 6) is 0.821. The highest BCUT2D eigenvalue weighted by Gasteiger charge is 2.17. The molecule has 9 nitrogen and oxygen atoms in total. The van der Waals surface area contributed by atoms with Gasteiger partial charge in [0.15, 0.2) is 11.5 Å². The lowest BCUT2D eigenvalue weighted by molar-refractivity contribution is 0.102. The van der Waals surface area contributed by atoms with Crippen molar-refractivity contribution in [3.63, 3.8) is 0 Å². The lowest BCUT2D eigenvalue weighted by Crippen LogP contribution is -2.15. The zero-order valence-corrected chi connectivity index (χ0v) is 14.2. The predicted molar refractivity (Wildman–Crippen MR) is 90.6 cm³/mol. The number of furan rings is 1. The summed E-state index contributed by atoms with van der Waals surface area (Å²) in [5, 5.41) is 17.3. The largest absolute Gasteiger partial charge is 0.463 e. The van der Waals surface area contributed by atoms with E-state index in [0.29, 0.717) is 22.4 Å². The van der Waals surface area contributed by atoms with E-state index in [0.717, 1.165) is 5.69 Å². The van der Waals surface area contributed by atoms with E-state index in [-0.39, 0.29) is 11.6 Å². The van der Waals surface area contributed by atoms with Crippen LogP contribution in [-0.2, 0) is 7.05 Å². The van der Waals surface area contributed by atoms with E-state index in [4.69, 9.17) is 4.42 Å². The second-order valence-corrected chi connectivity index (χ2v) is 6.14. The normalized spacial score (nSPS) is 11.0. The maximum Gasteiger partial charge on any atom is 0.278 e. The molecule has 0 radical (unpaired) electrons. The third-order valence-corrected chi connectivity index (χ3v) is 4.17.